The van der Waals surface area contributed by atoms with Crippen LogP contribution in [0.3, 0.4) is 0 Å². The summed E-state index contributed by atoms with van der Waals surface area (Å²) in [5, 5.41) is 0. The normalized spacial score (nSPS) is 13.6. The second-order valence-corrected chi connectivity index (χ2v) is 21.8. The molecule has 0 N–H and O–H groups in total. The van der Waals surface area contributed by atoms with E-state index in [1.165, 1.54) is 0 Å². The van der Waals surface area contributed by atoms with Crippen molar-refractivity contribution >= 4 is 25.8 Å². The van der Waals surface area contributed by atoms with Gasteiger partial charge in [-0.15, -0.1) is 0 Å². The van der Waals surface area contributed by atoms with E-state index in [9.17, 15) is 0 Å². The first-order valence-electron chi connectivity index (χ1n) is 15.1. The summed E-state index contributed by atoms with van der Waals surface area (Å²) in [6, 6.07) is 1.71. The molecule has 0 amide bonds. The first-order valence-corrected chi connectivity index (χ1v) is 21.1. The largest absolute Gasteiger partial charge is 0.500 e. The minimum atomic E-state index is -2.66. The third kappa shape index (κ3) is 11.0. The summed E-state index contributed by atoms with van der Waals surface area (Å²) in [4.78, 5) is 0. The molecule has 0 spiro atoms. The molecule has 224 valence electrons. The lowest BCUT2D eigenvalue weighted by molar-refractivity contribution is 0.0702. The molecule has 0 saturated heterocycles. The standard InChI is InChI=1S/C27H63NO6Si3/c1-13-29-35(30-14-2,31-15-3)23-19-21-28(37(25(7)8,26(9)10)27(11)12)22-20-24-36(32-16-4,33-17-5)34-18-6/h25-27H,13-24H2,1-12H3. The molecule has 0 aliphatic rings. The Hall–Kier alpha value is 0.371. The minimum Gasteiger partial charge on any atom is -0.374 e. The molecule has 0 heterocycles. The Morgan fingerprint density at radius 2 is 0.703 bits per heavy atom. The molecule has 0 aromatic rings. The van der Waals surface area contributed by atoms with E-state index in [0.29, 0.717) is 56.3 Å². The average Bonchev–Trinajstić information content (AvgIpc) is 2.79. The van der Waals surface area contributed by atoms with E-state index in [0.717, 1.165) is 38.0 Å². The summed E-state index contributed by atoms with van der Waals surface area (Å²) in [6.45, 7) is 32.7. The minimum absolute atomic E-state index is 0.623. The van der Waals surface area contributed by atoms with E-state index in [-0.39, 0.29) is 0 Å². The van der Waals surface area contributed by atoms with Gasteiger partial charge in [-0.2, -0.15) is 0 Å². The quantitative estimate of drug-likeness (QED) is 0.111. The first-order chi connectivity index (χ1) is 17.5. The van der Waals surface area contributed by atoms with Gasteiger partial charge in [0.15, 0.2) is 0 Å². The van der Waals surface area contributed by atoms with E-state index in [1.807, 2.05) is 41.5 Å². The zero-order valence-electron chi connectivity index (χ0n) is 26.6. The number of nitrogens with zero attached hydrogens (tertiary/aromatic N) is 1. The van der Waals surface area contributed by atoms with Gasteiger partial charge in [0.2, 0.25) is 0 Å². The Bertz CT molecular complexity index is 480. The van der Waals surface area contributed by atoms with Crippen molar-refractivity contribution in [3.8, 4) is 0 Å². The van der Waals surface area contributed by atoms with Gasteiger partial charge in [0.1, 0.15) is 8.24 Å². The molecule has 0 unspecified atom stereocenters. The predicted octanol–water partition coefficient (Wildman–Crippen LogP) is 7.34. The van der Waals surface area contributed by atoms with Gasteiger partial charge in [-0.1, -0.05) is 41.5 Å². The Labute approximate surface area is 234 Å². The van der Waals surface area contributed by atoms with Gasteiger partial charge >= 0.3 is 17.6 Å². The number of hydrogen-bond acceptors (Lipinski definition) is 7. The van der Waals surface area contributed by atoms with Crippen LogP contribution in [0.25, 0.3) is 0 Å². The van der Waals surface area contributed by atoms with Crippen LogP contribution in [-0.4, -0.2) is 83.1 Å². The van der Waals surface area contributed by atoms with Gasteiger partial charge in [0, 0.05) is 51.7 Å². The van der Waals surface area contributed by atoms with Crippen LogP contribution >= 0.6 is 0 Å². The van der Waals surface area contributed by atoms with E-state index in [1.54, 1.807) is 0 Å². The molecule has 7 nitrogen and oxygen atoms in total. The van der Waals surface area contributed by atoms with Crippen molar-refractivity contribution in [2.24, 2.45) is 0 Å². The van der Waals surface area contributed by atoms with E-state index in [2.05, 4.69) is 46.1 Å². The Morgan fingerprint density at radius 1 is 0.459 bits per heavy atom. The maximum Gasteiger partial charge on any atom is 0.500 e. The molecule has 0 fully saturated rings. The highest BCUT2D eigenvalue weighted by Gasteiger charge is 2.49. The maximum absolute atomic E-state index is 6.17. The monoisotopic (exact) mass is 581 g/mol. The van der Waals surface area contributed by atoms with Crippen LogP contribution in [0.5, 0.6) is 0 Å². The summed E-state index contributed by atoms with van der Waals surface area (Å²) in [6.07, 6.45) is 2.02. The molecule has 0 aliphatic heterocycles. The zero-order chi connectivity index (χ0) is 28.5. The Morgan fingerprint density at radius 3 is 0.892 bits per heavy atom. The third-order valence-corrected chi connectivity index (χ3v) is 20.7. The topological polar surface area (TPSA) is 58.6 Å². The molecule has 0 radical (unpaired) electrons. The fraction of sp³-hybridized carbons (Fsp3) is 1.00. The summed E-state index contributed by atoms with van der Waals surface area (Å²) in [5.41, 5.74) is 1.94. The molecule has 0 aliphatic carbocycles. The summed E-state index contributed by atoms with van der Waals surface area (Å²) >= 11 is 0. The van der Waals surface area contributed by atoms with Crippen molar-refractivity contribution in [2.75, 3.05) is 52.7 Å². The van der Waals surface area contributed by atoms with Gasteiger partial charge in [-0.05, 0) is 84.1 Å². The highest BCUT2D eigenvalue weighted by molar-refractivity contribution is 6.81. The molecule has 10 heteroatoms. The van der Waals surface area contributed by atoms with Crippen molar-refractivity contribution in [1.82, 2.24) is 4.57 Å². The smallest absolute Gasteiger partial charge is 0.374 e. The Kier molecular flexibility index (Phi) is 19.6. The summed E-state index contributed by atoms with van der Waals surface area (Å²) in [5.74, 6) is 0. The van der Waals surface area contributed by atoms with Gasteiger partial charge in [-0.25, -0.2) is 0 Å². The fourth-order valence-corrected chi connectivity index (χ4v) is 19.0. The van der Waals surface area contributed by atoms with Gasteiger partial charge in [0.25, 0.3) is 0 Å². The summed E-state index contributed by atoms with van der Waals surface area (Å²) in [7, 11) is -7.16. The highest BCUT2D eigenvalue weighted by Crippen LogP contribution is 2.44. The van der Waals surface area contributed by atoms with E-state index >= 15 is 0 Å². The van der Waals surface area contributed by atoms with Crippen molar-refractivity contribution in [1.29, 1.82) is 0 Å². The average molecular weight is 582 g/mol. The lowest BCUT2D eigenvalue weighted by Crippen LogP contribution is -2.61. The molecule has 0 rings (SSSR count). The van der Waals surface area contributed by atoms with E-state index in [4.69, 9.17) is 26.6 Å². The SMILES string of the molecule is CCO[Si](CCCN(CCC[Si](OCC)(OCC)OCC)[Si](C(C)C)(C(C)C)C(C)C)(OCC)OCC. The van der Waals surface area contributed by atoms with Crippen LogP contribution in [0.4, 0.5) is 0 Å². The second kappa shape index (κ2) is 19.4. The second-order valence-electron chi connectivity index (χ2n) is 10.5. The molecular weight excluding hydrogens is 519 g/mol. The lowest BCUT2D eigenvalue weighted by atomic mass is 10.4. The molecule has 0 aromatic heterocycles. The Balaban J connectivity index is 5.98. The molecular formula is C27H63NO6Si3. The van der Waals surface area contributed by atoms with Crippen LogP contribution in [0.15, 0.2) is 0 Å². The molecule has 0 bridgehead atoms. The van der Waals surface area contributed by atoms with Crippen molar-refractivity contribution < 1.29 is 26.6 Å². The van der Waals surface area contributed by atoms with Crippen LogP contribution in [0.1, 0.15) is 95.9 Å². The number of hydrogen-bond donors (Lipinski definition) is 0. The van der Waals surface area contributed by atoms with Gasteiger partial charge in [0.05, 0.1) is 0 Å². The summed E-state index contributed by atoms with van der Waals surface area (Å²) < 4.78 is 39.9. The van der Waals surface area contributed by atoms with Crippen LogP contribution in [0, 0.1) is 0 Å². The highest BCUT2D eigenvalue weighted by atomic mass is 28.4. The van der Waals surface area contributed by atoms with Crippen LogP contribution < -0.4 is 0 Å². The van der Waals surface area contributed by atoms with Gasteiger partial charge in [-0.3, -0.25) is 0 Å². The van der Waals surface area contributed by atoms with Crippen molar-refractivity contribution in [3.63, 3.8) is 0 Å². The number of rotatable bonds is 24. The molecule has 0 atom stereocenters. The zero-order valence-corrected chi connectivity index (χ0v) is 29.6. The lowest BCUT2D eigenvalue weighted by Gasteiger charge is -2.51. The fourth-order valence-electron chi connectivity index (χ4n) is 6.57. The predicted molar refractivity (Wildman–Crippen MR) is 163 cm³/mol. The first kappa shape index (κ1) is 37.4. The van der Waals surface area contributed by atoms with Gasteiger partial charge < -0.3 is 31.1 Å². The van der Waals surface area contributed by atoms with Crippen molar-refractivity contribution in [2.45, 2.75) is 125 Å². The van der Waals surface area contributed by atoms with E-state index < -0.39 is 25.8 Å². The van der Waals surface area contributed by atoms with Crippen LogP contribution in [0.2, 0.25) is 28.7 Å². The molecule has 37 heavy (non-hydrogen) atoms. The maximum atomic E-state index is 6.17. The molecule has 0 saturated carbocycles. The third-order valence-electron chi connectivity index (χ3n) is 7.33. The molecule has 0 aromatic carbocycles. The van der Waals surface area contributed by atoms with Crippen molar-refractivity contribution in [3.05, 3.63) is 0 Å². The van der Waals surface area contributed by atoms with Crippen LogP contribution in [-0.2, 0) is 26.6 Å².